The van der Waals surface area contributed by atoms with Gasteiger partial charge in [0.2, 0.25) is 9.84 Å². The number of hydrogen-bond acceptors (Lipinski definition) is 3. The molecule has 0 aliphatic heterocycles. The summed E-state index contributed by atoms with van der Waals surface area (Å²) in [6.07, 6.45) is 1.34. The molecule has 0 amide bonds. The molecule has 0 aliphatic rings. The standard InChI is InChI=1S/C17H11Cl2NO3S/c18-13-6-5-11(14(19)10-13)7-8-24(22,23)16-9-12-3-1-2-4-15(12)20-17(16)21/h1-10H,(H,20,21). The van der Waals surface area contributed by atoms with Crippen LogP contribution < -0.4 is 5.56 Å². The van der Waals surface area contributed by atoms with Gasteiger partial charge in [-0.15, -0.1) is 0 Å². The van der Waals surface area contributed by atoms with Crippen molar-refractivity contribution in [3.63, 3.8) is 0 Å². The molecule has 0 spiro atoms. The van der Waals surface area contributed by atoms with Gasteiger partial charge >= 0.3 is 0 Å². The van der Waals surface area contributed by atoms with Gasteiger partial charge in [-0.25, -0.2) is 8.42 Å². The zero-order valence-corrected chi connectivity index (χ0v) is 14.5. The number of rotatable bonds is 3. The number of pyridine rings is 1. The van der Waals surface area contributed by atoms with E-state index in [0.29, 0.717) is 26.5 Å². The number of fused-ring (bicyclic) bond motifs is 1. The normalized spacial score (nSPS) is 12.1. The molecule has 0 saturated heterocycles. The van der Waals surface area contributed by atoms with Gasteiger partial charge in [0.05, 0.1) is 0 Å². The average Bonchev–Trinajstić information content (AvgIpc) is 2.53. The summed E-state index contributed by atoms with van der Waals surface area (Å²) in [5.41, 5.74) is 0.397. The van der Waals surface area contributed by atoms with Crippen LogP contribution >= 0.6 is 23.2 Å². The first-order valence-corrected chi connectivity index (χ1v) is 9.17. The lowest BCUT2D eigenvalue weighted by Crippen LogP contribution is -2.15. The summed E-state index contributed by atoms with van der Waals surface area (Å²) in [6, 6.07) is 13.0. The number of benzene rings is 2. The minimum absolute atomic E-state index is 0.317. The maximum atomic E-state index is 12.5. The number of aromatic amines is 1. The van der Waals surface area contributed by atoms with Crippen molar-refractivity contribution in [3.8, 4) is 0 Å². The molecule has 0 aliphatic carbocycles. The lowest BCUT2D eigenvalue weighted by molar-refractivity contribution is 0.603. The molecule has 0 fully saturated rings. The smallest absolute Gasteiger partial charge is 0.267 e. The molecular weight excluding hydrogens is 369 g/mol. The van der Waals surface area contributed by atoms with Crippen LogP contribution in [0.15, 0.2) is 63.6 Å². The second kappa shape index (κ2) is 6.43. The van der Waals surface area contributed by atoms with E-state index in [1.165, 1.54) is 18.2 Å². The molecule has 1 N–H and O–H groups in total. The van der Waals surface area contributed by atoms with E-state index < -0.39 is 15.4 Å². The highest BCUT2D eigenvalue weighted by atomic mass is 35.5. The van der Waals surface area contributed by atoms with Gasteiger partial charge in [-0.2, -0.15) is 0 Å². The van der Waals surface area contributed by atoms with E-state index in [9.17, 15) is 13.2 Å². The van der Waals surface area contributed by atoms with Crippen LogP contribution in [0.2, 0.25) is 10.0 Å². The number of sulfone groups is 1. The van der Waals surface area contributed by atoms with Gasteiger partial charge in [0, 0.05) is 21.0 Å². The SMILES string of the molecule is O=c1[nH]c2ccccc2cc1S(=O)(=O)C=Cc1ccc(Cl)cc1Cl. The molecule has 0 saturated carbocycles. The lowest BCUT2D eigenvalue weighted by atomic mass is 10.2. The van der Waals surface area contributed by atoms with E-state index in [1.54, 1.807) is 36.4 Å². The predicted octanol–water partition coefficient (Wildman–Crippen LogP) is 4.28. The molecule has 4 nitrogen and oxygen atoms in total. The van der Waals surface area contributed by atoms with E-state index in [-0.39, 0.29) is 4.90 Å². The molecule has 3 rings (SSSR count). The zero-order valence-electron chi connectivity index (χ0n) is 12.2. The Morgan fingerprint density at radius 2 is 1.75 bits per heavy atom. The van der Waals surface area contributed by atoms with Crippen LogP contribution in [0, 0.1) is 0 Å². The lowest BCUT2D eigenvalue weighted by Gasteiger charge is -2.02. The van der Waals surface area contributed by atoms with Crippen molar-refractivity contribution in [2.75, 3.05) is 0 Å². The molecule has 1 aromatic heterocycles. The Balaban J connectivity index is 2.06. The van der Waals surface area contributed by atoms with Crippen LogP contribution in [-0.2, 0) is 9.84 Å². The van der Waals surface area contributed by atoms with Gasteiger partial charge in [0.25, 0.3) is 5.56 Å². The highest BCUT2D eigenvalue weighted by molar-refractivity contribution is 7.94. The molecule has 2 aromatic carbocycles. The predicted molar refractivity (Wildman–Crippen MR) is 97.3 cm³/mol. The fraction of sp³-hybridized carbons (Fsp3) is 0. The molecule has 0 bridgehead atoms. The molecular formula is C17H11Cl2NO3S. The van der Waals surface area contributed by atoms with Crippen LogP contribution in [0.4, 0.5) is 0 Å². The third kappa shape index (κ3) is 3.38. The Morgan fingerprint density at radius 3 is 2.50 bits per heavy atom. The molecule has 1 heterocycles. The van der Waals surface area contributed by atoms with E-state index in [0.717, 1.165) is 5.41 Å². The largest absolute Gasteiger partial charge is 0.321 e. The zero-order chi connectivity index (χ0) is 17.3. The molecule has 0 radical (unpaired) electrons. The Bertz CT molecular complexity index is 1120. The molecule has 0 unspecified atom stereocenters. The second-order valence-electron chi connectivity index (χ2n) is 5.06. The molecule has 24 heavy (non-hydrogen) atoms. The number of hydrogen-bond donors (Lipinski definition) is 1. The first-order valence-electron chi connectivity index (χ1n) is 6.87. The number of H-pyrrole nitrogens is 1. The maximum Gasteiger partial charge on any atom is 0.267 e. The monoisotopic (exact) mass is 379 g/mol. The summed E-state index contributed by atoms with van der Waals surface area (Å²) in [5, 5.41) is 2.36. The van der Waals surface area contributed by atoms with Crippen LogP contribution in [0.25, 0.3) is 17.0 Å². The number of para-hydroxylation sites is 1. The van der Waals surface area contributed by atoms with E-state index in [1.807, 2.05) is 0 Å². The van der Waals surface area contributed by atoms with Crippen molar-refractivity contribution in [3.05, 3.63) is 79.9 Å². The summed E-state index contributed by atoms with van der Waals surface area (Å²) in [4.78, 5) is 14.3. The maximum absolute atomic E-state index is 12.5. The first kappa shape index (κ1) is 16.8. The van der Waals surface area contributed by atoms with Gasteiger partial charge in [-0.05, 0) is 41.3 Å². The average molecular weight is 380 g/mol. The van der Waals surface area contributed by atoms with Crippen molar-refractivity contribution in [2.45, 2.75) is 4.90 Å². The van der Waals surface area contributed by atoms with Crippen LogP contribution in [-0.4, -0.2) is 13.4 Å². The fourth-order valence-electron chi connectivity index (χ4n) is 2.21. The van der Waals surface area contributed by atoms with Crippen molar-refractivity contribution < 1.29 is 8.42 Å². The van der Waals surface area contributed by atoms with Gasteiger partial charge in [0.1, 0.15) is 4.90 Å². The van der Waals surface area contributed by atoms with E-state index in [2.05, 4.69) is 4.98 Å². The first-order chi connectivity index (χ1) is 11.4. The van der Waals surface area contributed by atoms with Crippen molar-refractivity contribution in [2.24, 2.45) is 0 Å². The summed E-state index contributed by atoms with van der Waals surface area (Å²) in [6.45, 7) is 0. The topological polar surface area (TPSA) is 67.0 Å². The van der Waals surface area contributed by atoms with Crippen LogP contribution in [0.1, 0.15) is 5.56 Å². The Labute approximate surface area is 148 Å². The molecule has 3 aromatic rings. The summed E-state index contributed by atoms with van der Waals surface area (Å²) < 4.78 is 24.9. The Morgan fingerprint density at radius 1 is 1.00 bits per heavy atom. The third-order valence-electron chi connectivity index (χ3n) is 3.42. The van der Waals surface area contributed by atoms with Crippen molar-refractivity contribution in [1.82, 2.24) is 4.98 Å². The van der Waals surface area contributed by atoms with Crippen LogP contribution in [0.5, 0.6) is 0 Å². The summed E-state index contributed by atoms with van der Waals surface area (Å²) in [5.74, 6) is 0. The summed E-state index contributed by atoms with van der Waals surface area (Å²) in [7, 11) is -3.92. The van der Waals surface area contributed by atoms with Gasteiger partial charge in [-0.3, -0.25) is 4.79 Å². The van der Waals surface area contributed by atoms with E-state index >= 15 is 0 Å². The molecule has 122 valence electrons. The molecule has 0 atom stereocenters. The number of nitrogens with one attached hydrogen (secondary N) is 1. The number of halogens is 2. The number of aromatic nitrogens is 1. The Hall–Kier alpha value is -2.08. The minimum atomic E-state index is -3.92. The van der Waals surface area contributed by atoms with Gasteiger partial charge in [0.15, 0.2) is 0 Å². The second-order valence-corrected chi connectivity index (χ2v) is 7.71. The van der Waals surface area contributed by atoms with Gasteiger partial charge in [-0.1, -0.05) is 47.5 Å². The third-order valence-corrected chi connectivity index (χ3v) is 5.39. The van der Waals surface area contributed by atoms with E-state index in [4.69, 9.17) is 23.2 Å². The minimum Gasteiger partial charge on any atom is -0.321 e. The molecule has 7 heteroatoms. The summed E-state index contributed by atoms with van der Waals surface area (Å²) >= 11 is 11.8. The van der Waals surface area contributed by atoms with Crippen molar-refractivity contribution in [1.29, 1.82) is 0 Å². The quantitative estimate of drug-likeness (QED) is 0.738. The fourth-order valence-corrected chi connectivity index (χ4v) is 3.76. The highest BCUT2D eigenvalue weighted by Crippen LogP contribution is 2.23. The highest BCUT2D eigenvalue weighted by Gasteiger charge is 2.16. The van der Waals surface area contributed by atoms with Crippen LogP contribution in [0.3, 0.4) is 0 Å². The van der Waals surface area contributed by atoms with Gasteiger partial charge < -0.3 is 4.98 Å². The van der Waals surface area contributed by atoms with Crippen molar-refractivity contribution >= 4 is 50.0 Å². The Kier molecular flexibility index (Phi) is 4.49.